The Hall–Kier alpha value is 1.27. The van der Waals surface area contributed by atoms with Crippen molar-refractivity contribution >= 4 is 10.8 Å². The minimum atomic E-state index is -0.861. The first-order valence-electron chi connectivity index (χ1n) is 2.36. The van der Waals surface area contributed by atoms with Gasteiger partial charge in [-0.2, -0.15) is 20.8 Å². The predicted molar refractivity (Wildman–Crippen MR) is 39.7 cm³/mol. The summed E-state index contributed by atoms with van der Waals surface area (Å²) in [7, 11) is -0.861. The molecule has 0 aromatic heterocycles. The average Bonchev–Trinajstić information content (AvgIpc) is 1.25. The van der Waals surface area contributed by atoms with Gasteiger partial charge in [0.05, 0.1) is 0 Å². The fourth-order valence-corrected chi connectivity index (χ4v) is 0. The van der Waals surface area contributed by atoms with Crippen LogP contribution in [0.5, 0.6) is 0 Å². The van der Waals surface area contributed by atoms with E-state index < -0.39 is 10.8 Å². The van der Waals surface area contributed by atoms with Crippen LogP contribution in [-0.2, 0) is 27.9 Å². The van der Waals surface area contributed by atoms with E-state index in [1.807, 2.05) is 0 Å². The van der Waals surface area contributed by atoms with E-state index in [-0.39, 0.29) is 35.9 Å². The zero-order chi connectivity index (χ0) is 7.15. The Labute approximate surface area is 89.8 Å². The van der Waals surface area contributed by atoms with E-state index in [0.717, 1.165) is 0 Å². The van der Waals surface area contributed by atoms with E-state index in [9.17, 15) is 4.21 Å². The Morgan fingerprint density at radius 3 is 1.30 bits per heavy atom. The summed E-state index contributed by atoms with van der Waals surface area (Å²) in [4.78, 5) is 0. The first-order chi connectivity index (χ1) is 3.46. The molecule has 0 saturated heterocycles. The van der Waals surface area contributed by atoms with Gasteiger partial charge in [-0.05, 0) is 6.26 Å². The van der Waals surface area contributed by atoms with Crippen LogP contribution in [0.25, 0.3) is 0 Å². The van der Waals surface area contributed by atoms with Gasteiger partial charge in [0, 0.05) is 0 Å². The second-order valence-electron chi connectivity index (χ2n) is 2.07. The van der Waals surface area contributed by atoms with E-state index >= 15 is 0 Å². The van der Waals surface area contributed by atoms with Gasteiger partial charge in [-0.1, -0.05) is 0 Å². The van der Waals surface area contributed by atoms with Crippen molar-refractivity contribution in [2.24, 2.45) is 0 Å². The molecule has 0 saturated carbocycles. The minimum absolute atomic E-state index is 0. The van der Waals surface area contributed by atoms with Crippen LogP contribution in [0.15, 0.2) is 0 Å². The Morgan fingerprint density at radius 2 is 1.30 bits per heavy atom. The zero-order valence-electron chi connectivity index (χ0n) is 7.33. The molecular formula is C6H14CuLiOS. The second kappa shape index (κ2) is 16.7. The van der Waals surface area contributed by atoms with Crippen LogP contribution in [0.2, 0.25) is 0 Å². The average molecular weight is 205 g/mol. The minimum Gasteiger partial charge on any atom is -0.323 e. The molecule has 4 heteroatoms. The molecule has 0 aliphatic rings. The third-order valence-electron chi connectivity index (χ3n) is 0. The van der Waals surface area contributed by atoms with Crippen molar-refractivity contribution in [1.29, 1.82) is 0 Å². The van der Waals surface area contributed by atoms with Crippen molar-refractivity contribution in [3.05, 3.63) is 12.2 Å². The SMILES string of the molecule is C[C-](C)C.[CH2-]S(C)=O.[Cu+].[Li+]. The summed E-state index contributed by atoms with van der Waals surface area (Å²) in [5, 5.41) is 0. The molecule has 10 heavy (non-hydrogen) atoms. The number of hydrogen-bond donors (Lipinski definition) is 0. The molecule has 0 aliphatic heterocycles. The molecule has 0 aromatic carbocycles. The Balaban J connectivity index is -0.0000000300. The van der Waals surface area contributed by atoms with Crippen molar-refractivity contribution in [1.82, 2.24) is 0 Å². The largest absolute Gasteiger partial charge is 1.00 e. The molecule has 1 unspecified atom stereocenters. The maximum Gasteiger partial charge on any atom is 1.00 e. The number of hydrogen-bond acceptors (Lipinski definition) is 1. The summed E-state index contributed by atoms with van der Waals surface area (Å²) in [6, 6.07) is 0. The zero-order valence-corrected chi connectivity index (χ0v) is 9.08. The molecule has 0 amide bonds. The molecule has 0 aliphatic carbocycles. The van der Waals surface area contributed by atoms with Crippen LogP contribution in [0, 0.1) is 12.2 Å². The van der Waals surface area contributed by atoms with Crippen LogP contribution >= 0.6 is 0 Å². The molecule has 0 N–H and O–H groups in total. The Bertz CT molecular complexity index is 62.0. The van der Waals surface area contributed by atoms with E-state index in [1.165, 1.54) is 12.2 Å². The summed E-state index contributed by atoms with van der Waals surface area (Å²) in [5.41, 5.74) is 0. The molecule has 0 aromatic rings. The topological polar surface area (TPSA) is 17.1 Å². The Morgan fingerprint density at radius 1 is 1.30 bits per heavy atom. The summed E-state index contributed by atoms with van der Waals surface area (Å²) in [5.74, 6) is 1.42. The number of rotatable bonds is 0. The fourth-order valence-electron chi connectivity index (χ4n) is 0. The standard InChI is InChI=1S/C4H9.C2H5OS.Cu.Li/c2*1-4(2)3;;/h1-3H3;1H2,2H3;;/q2*-1;2*+1. The van der Waals surface area contributed by atoms with Crippen LogP contribution in [0.4, 0.5) is 0 Å². The third kappa shape index (κ3) is 395. The van der Waals surface area contributed by atoms with E-state index in [1.54, 1.807) is 0 Å². The first kappa shape index (κ1) is 22.5. The smallest absolute Gasteiger partial charge is 0.323 e. The molecule has 1 nitrogen and oxygen atoms in total. The van der Waals surface area contributed by atoms with Crippen LogP contribution in [-0.4, -0.2) is 10.5 Å². The third-order valence-corrected chi connectivity index (χ3v) is 0. The molecule has 0 heterocycles. The van der Waals surface area contributed by atoms with E-state index in [4.69, 9.17) is 0 Å². The molecule has 0 spiro atoms. The second-order valence-corrected chi connectivity index (χ2v) is 3.22. The monoisotopic (exact) mass is 204 g/mol. The van der Waals surface area contributed by atoms with Gasteiger partial charge in [0.25, 0.3) is 0 Å². The maximum absolute atomic E-state index is 9.44. The van der Waals surface area contributed by atoms with Crippen molar-refractivity contribution in [3.63, 3.8) is 0 Å². The van der Waals surface area contributed by atoms with Gasteiger partial charge in [-0.15, -0.1) is 10.8 Å². The summed E-state index contributed by atoms with van der Waals surface area (Å²) in [6.45, 7) is 6.25. The van der Waals surface area contributed by atoms with Crippen LogP contribution < -0.4 is 18.9 Å². The predicted octanol–water partition coefficient (Wildman–Crippen LogP) is -1.22. The van der Waals surface area contributed by atoms with E-state index in [2.05, 4.69) is 27.0 Å². The summed E-state index contributed by atoms with van der Waals surface area (Å²) >= 11 is 0. The molecule has 0 radical (unpaired) electrons. The fraction of sp³-hybridized carbons (Fsp3) is 0.667. The van der Waals surface area contributed by atoms with Crippen LogP contribution in [0.1, 0.15) is 20.8 Å². The molecular weight excluding hydrogens is 191 g/mol. The molecule has 62 valence electrons. The van der Waals surface area contributed by atoms with Crippen molar-refractivity contribution in [2.45, 2.75) is 20.8 Å². The summed E-state index contributed by atoms with van der Waals surface area (Å²) < 4.78 is 9.44. The van der Waals surface area contributed by atoms with Gasteiger partial charge in [0.1, 0.15) is 0 Å². The Kier molecular flexibility index (Phi) is 37.5. The molecule has 1 atom stereocenters. The maximum atomic E-state index is 9.44. The van der Waals surface area contributed by atoms with E-state index in [0.29, 0.717) is 0 Å². The quantitative estimate of drug-likeness (QED) is 0.357. The van der Waals surface area contributed by atoms with Gasteiger partial charge >= 0.3 is 35.9 Å². The normalized spacial score (nSPS) is 9.80. The van der Waals surface area contributed by atoms with Crippen molar-refractivity contribution in [3.8, 4) is 0 Å². The van der Waals surface area contributed by atoms with Crippen molar-refractivity contribution in [2.75, 3.05) is 6.26 Å². The summed E-state index contributed by atoms with van der Waals surface area (Å²) in [6.07, 6.45) is 4.64. The van der Waals surface area contributed by atoms with Gasteiger partial charge in [0.2, 0.25) is 0 Å². The molecule has 0 bridgehead atoms. The van der Waals surface area contributed by atoms with Gasteiger partial charge < -0.3 is 5.92 Å². The van der Waals surface area contributed by atoms with Gasteiger partial charge in [-0.25, -0.2) is 0 Å². The van der Waals surface area contributed by atoms with Crippen LogP contribution in [0.3, 0.4) is 0 Å². The van der Waals surface area contributed by atoms with Gasteiger partial charge in [0.15, 0.2) is 0 Å². The molecule has 0 rings (SSSR count). The molecule has 0 fully saturated rings. The van der Waals surface area contributed by atoms with Gasteiger partial charge in [-0.3, -0.25) is 10.5 Å². The van der Waals surface area contributed by atoms with Crippen molar-refractivity contribution < 1.29 is 40.1 Å². The first-order valence-corrected chi connectivity index (χ1v) is 4.09.